The number of nitrogens with zero attached hydrogens (tertiary/aromatic N) is 3. The number of rotatable bonds is 5. The maximum absolute atomic E-state index is 5.77. The zero-order valence-electron chi connectivity index (χ0n) is 11.9. The quantitative estimate of drug-likeness (QED) is 0.613. The SMILES string of the molecule is Cc1cn(COCC[Si](C)(C)C)c2ncc(Br)nc12. The topological polar surface area (TPSA) is 39.9 Å². The Morgan fingerprint density at radius 2 is 2.11 bits per heavy atom. The summed E-state index contributed by atoms with van der Waals surface area (Å²) < 4.78 is 8.55. The van der Waals surface area contributed by atoms with Crippen LogP contribution in [0.4, 0.5) is 0 Å². The smallest absolute Gasteiger partial charge is 0.160 e. The fraction of sp³-hybridized carbons (Fsp3) is 0.538. The van der Waals surface area contributed by atoms with Crippen LogP contribution in [-0.2, 0) is 11.5 Å². The minimum absolute atomic E-state index is 0.547. The number of aromatic nitrogens is 3. The molecule has 19 heavy (non-hydrogen) atoms. The van der Waals surface area contributed by atoms with E-state index >= 15 is 0 Å². The zero-order chi connectivity index (χ0) is 14.0. The number of fused-ring (bicyclic) bond motifs is 1. The second-order valence-corrected chi connectivity index (χ2v) is 12.4. The minimum atomic E-state index is -1.02. The molecule has 0 saturated carbocycles. The first-order chi connectivity index (χ1) is 8.87. The highest BCUT2D eigenvalue weighted by molar-refractivity contribution is 9.10. The van der Waals surface area contributed by atoms with Crippen molar-refractivity contribution in [2.75, 3.05) is 6.61 Å². The molecular formula is C13H20BrN3OSi. The van der Waals surface area contributed by atoms with Gasteiger partial charge in [0.2, 0.25) is 0 Å². The van der Waals surface area contributed by atoms with Crippen LogP contribution in [0.1, 0.15) is 5.56 Å². The first-order valence-corrected chi connectivity index (χ1v) is 10.9. The van der Waals surface area contributed by atoms with E-state index in [-0.39, 0.29) is 0 Å². The van der Waals surface area contributed by atoms with Crippen molar-refractivity contribution >= 4 is 35.2 Å². The molecule has 0 saturated heterocycles. The van der Waals surface area contributed by atoms with E-state index in [0.29, 0.717) is 6.73 Å². The summed E-state index contributed by atoms with van der Waals surface area (Å²) in [4.78, 5) is 8.86. The Morgan fingerprint density at radius 1 is 1.37 bits per heavy atom. The monoisotopic (exact) mass is 341 g/mol. The number of hydrogen-bond donors (Lipinski definition) is 0. The first kappa shape index (κ1) is 14.7. The van der Waals surface area contributed by atoms with Crippen LogP contribution in [0, 0.1) is 6.92 Å². The Bertz CT molecular complexity index is 577. The van der Waals surface area contributed by atoms with Crippen LogP contribution in [0.3, 0.4) is 0 Å². The molecule has 0 aliphatic rings. The third-order valence-corrected chi connectivity index (χ3v) is 5.03. The maximum Gasteiger partial charge on any atom is 0.160 e. The Hall–Kier alpha value is -0.723. The molecule has 0 N–H and O–H groups in total. The van der Waals surface area contributed by atoms with Gasteiger partial charge in [-0.25, -0.2) is 9.97 Å². The molecule has 0 fully saturated rings. The van der Waals surface area contributed by atoms with Crippen LogP contribution < -0.4 is 0 Å². The van der Waals surface area contributed by atoms with Crippen LogP contribution in [0.25, 0.3) is 11.2 Å². The van der Waals surface area contributed by atoms with Crippen molar-refractivity contribution < 1.29 is 4.74 Å². The molecular weight excluding hydrogens is 322 g/mol. The predicted octanol–water partition coefficient (Wildman–Crippen LogP) is 3.81. The Balaban J connectivity index is 2.05. The maximum atomic E-state index is 5.77. The van der Waals surface area contributed by atoms with Gasteiger partial charge in [-0.1, -0.05) is 19.6 Å². The third kappa shape index (κ3) is 3.87. The highest BCUT2D eigenvalue weighted by Gasteiger charge is 2.13. The van der Waals surface area contributed by atoms with Gasteiger partial charge in [0, 0.05) is 20.9 Å². The average molecular weight is 342 g/mol. The summed E-state index contributed by atoms with van der Waals surface area (Å²) in [5.74, 6) is 0. The standard InChI is InChI=1S/C13H20BrN3OSi/c1-10-8-17(9-18-5-6-19(2,3)4)13-12(10)16-11(14)7-15-13/h7-8H,5-6,9H2,1-4H3. The summed E-state index contributed by atoms with van der Waals surface area (Å²) in [7, 11) is -1.02. The van der Waals surface area contributed by atoms with E-state index in [2.05, 4.69) is 45.5 Å². The van der Waals surface area contributed by atoms with Crippen LogP contribution in [0.2, 0.25) is 25.7 Å². The lowest BCUT2D eigenvalue weighted by atomic mass is 10.3. The van der Waals surface area contributed by atoms with E-state index in [0.717, 1.165) is 27.9 Å². The average Bonchev–Trinajstić information content (AvgIpc) is 2.60. The van der Waals surface area contributed by atoms with Gasteiger partial charge >= 0.3 is 0 Å². The van der Waals surface area contributed by atoms with Crippen molar-refractivity contribution in [3.63, 3.8) is 0 Å². The third-order valence-electron chi connectivity index (χ3n) is 2.95. The van der Waals surface area contributed by atoms with Crippen LogP contribution in [0.15, 0.2) is 17.0 Å². The van der Waals surface area contributed by atoms with Gasteiger partial charge in [-0.15, -0.1) is 0 Å². The summed E-state index contributed by atoms with van der Waals surface area (Å²) in [5, 5.41) is 0. The van der Waals surface area contributed by atoms with E-state index in [1.165, 1.54) is 6.04 Å². The van der Waals surface area contributed by atoms with Gasteiger partial charge in [0.1, 0.15) is 16.9 Å². The number of halogens is 1. The van der Waals surface area contributed by atoms with E-state index in [1.807, 2.05) is 17.7 Å². The molecule has 2 aromatic rings. The van der Waals surface area contributed by atoms with E-state index in [4.69, 9.17) is 4.74 Å². The molecule has 104 valence electrons. The lowest BCUT2D eigenvalue weighted by molar-refractivity contribution is 0.0898. The minimum Gasteiger partial charge on any atom is -0.361 e. The van der Waals surface area contributed by atoms with Crippen molar-refractivity contribution in [1.82, 2.24) is 14.5 Å². The molecule has 4 nitrogen and oxygen atoms in total. The van der Waals surface area contributed by atoms with E-state index in [1.54, 1.807) is 6.20 Å². The molecule has 0 unspecified atom stereocenters. The fourth-order valence-electron chi connectivity index (χ4n) is 1.83. The van der Waals surface area contributed by atoms with Gasteiger partial charge in [-0.05, 0) is 34.5 Å². The Labute approximate surface area is 123 Å². The molecule has 2 aromatic heterocycles. The largest absolute Gasteiger partial charge is 0.361 e. The highest BCUT2D eigenvalue weighted by Crippen LogP contribution is 2.19. The predicted molar refractivity (Wildman–Crippen MR) is 84.1 cm³/mol. The van der Waals surface area contributed by atoms with Crippen molar-refractivity contribution in [2.45, 2.75) is 39.3 Å². The van der Waals surface area contributed by atoms with Gasteiger partial charge in [0.25, 0.3) is 0 Å². The second-order valence-electron chi connectivity index (χ2n) is 5.99. The Morgan fingerprint density at radius 3 is 2.79 bits per heavy atom. The summed E-state index contributed by atoms with van der Waals surface area (Å²) in [6.45, 7) is 10.5. The van der Waals surface area contributed by atoms with Gasteiger partial charge in [-0.3, -0.25) is 0 Å². The van der Waals surface area contributed by atoms with Crippen molar-refractivity contribution in [1.29, 1.82) is 0 Å². The number of ether oxygens (including phenoxy) is 1. The summed E-state index contributed by atoms with van der Waals surface area (Å²) >= 11 is 3.35. The molecule has 0 atom stereocenters. The van der Waals surface area contributed by atoms with Crippen molar-refractivity contribution in [3.05, 3.63) is 22.6 Å². The Kier molecular flexibility index (Phi) is 4.42. The van der Waals surface area contributed by atoms with Gasteiger partial charge in [0.05, 0.1) is 6.20 Å². The van der Waals surface area contributed by atoms with Crippen LogP contribution in [-0.4, -0.2) is 29.2 Å². The number of aryl methyl sites for hydroxylation is 1. The molecule has 6 heteroatoms. The fourth-order valence-corrected chi connectivity index (χ4v) is 2.87. The summed E-state index contributed by atoms with van der Waals surface area (Å²) in [6.07, 6.45) is 3.77. The molecule has 0 aliphatic heterocycles. The second kappa shape index (κ2) is 5.72. The molecule has 2 heterocycles. The lowest BCUT2D eigenvalue weighted by Gasteiger charge is -2.15. The molecule has 0 aliphatic carbocycles. The molecule has 2 rings (SSSR count). The normalized spacial score (nSPS) is 12.3. The summed E-state index contributed by atoms with van der Waals surface area (Å²) in [6, 6.07) is 1.18. The molecule has 0 amide bonds. The highest BCUT2D eigenvalue weighted by atomic mass is 79.9. The summed E-state index contributed by atoms with van der Waals surface area (Å²) in [5.41, 5.74) is 2.94. The zero-order valence-corrected chi connectivity index (χ0v) is 14.5. The molecule has 0 aromatic carbocycles. The molecule has 0 radical (unpaired) electrons. The van der Waals surface area contributed by atoms with Crippen molar-refractivity contribution in [2.24, 2.45) is 0 Å². The van der Waals surface area contributed by atoms with Crippen LogP contribution >= 0.6 is 15.9 Å². The number of hydrogen-bond acceptors (Lipinski definition) is 3. The van der Waals surface area contributed by atoms with E-state index < -0.39 is 8.07 Å². The molecule has 0 bridgehead atoms. The molecule has 0 spiro atoms. The van der Waals surface area contributed by atoms with Gasteiger partial charge < -0.3 is 9.30 Å². The lowest BCUT2D eigenvalue weighted by Crippen LogP contribution is -2.22. The van der Waals surface area contributed by atoms with Crippen molar-refractivity contribution in [3.8, 4) is 0 Å². The van der Waals surface area contributed by atoms with Gasteiger partial charge in [-0.2, -0.15) is 0 Å². The van der Waals surface area contributed by atoms with Gasteiger partial charge in [0.15, 0.2) is 5.65 Å². The van der Waals surface area contributed by atoms with E-state index in [9.17, 15) is 0 Å². The first-order valence-electron chi connectivity index (χ1n) is 6.42. The van der Waals surface area contributed by atoms with Crippen LogP contribution in [0.5, 0.6) is 0 Å².